The molecule has 1 heterocycles. The molecule has 1 aromatic rings. The summed E-state index contributed by atoms with van der Waals surface area (Å²) in [6.07, 6.45) is 1.22. The molecule has 0 spiro atoms. The third-order valence-corrected chi connectivity index (χ3v) is 3.63. The molecule has 1 fully saturated rings. The van der Waals surface area contributed by atoms with Crippen molar-refractivity contribution < 1.29 is 14.3 Å². The summed E-state index contributed by atoms with van der Waals surface area (Å²) in [5.74, 6) is 0.680. The van der Waals surface area contributed by atoms with Gasteiger partial charge in [0.05, 0.1) is 6.10 Å². The predicted molar refractivity (Wildman–Crippen MR) is 82.5 cm³/mol. The first-order valence-electron chi connectivity index (χ1n) is 7.36. The summed E-state index contributed by atoms with van der Waals surface area (Å²) in [5, 5.41) is 2.90. The van der Waals surface area contributed by atoms with E-state index >= 15 is 0 Å². The number of anilines is 1. The summed E-state index contributed by atoms with van der Waals surface area (Å²) in [7, 11) is 0. The second kappa shape index (κ2) is 6.45. The number of nitrogens with one attached hydrogen (secondary N) is 1. The molecule has 0 bridgehead atoms. The van der Waals surface area contributed by atoms with Crippen molar-refractivity contribution in [3.05, 3.63) is 23.8 Å². The van der Waals surface area contributed by atoms with Gasteiger partial charge in [0, 0.05) is 18.9 Å². The molecule has 3 N–H and O–H groups in total. The van der Waals surface area contributed by atoms with Crippen molar-refractivity contribution in [3.63, 3.8) is 0 Å². The number of amides is 1. The highest BCUT2D eigenvalue weighted by Gasteiger charge is 2.35. The number of ether oxygens (including phenoxy) is 2. The van der Waals surface area contributed by atoms with E-state index in [-0.39, 0.29) is 12.0 Å². The molecule has 0 aromatic heterocycles. The molecule has 1 amide bonds. The van der Waals surface area contributed by atoms with Crippen LogP contribution in [0.2, 0.25) is 0 Å². The average Bonchev–Trinajstić information content (AvgIpc) is 2.42. The van der Waals surface area contributed by atoms with Gasteiger partial charge in [-0.05, 0) is 57.4 Å². The average molecular weight is 292 g/mol. The highest BCUT2D eigenvalue weighted by molar-refractivity contribution is 5.98. The fourth-order valence-corrected chi connectivity index (χ4v) is 2.33. The molecule has 5 heteroatoms. The minimum Gasteiger partial charge on any atom is -0.491 e. The molecule has 116 valence electrons. The lowest BCUT2D eigenvalue weighted by Crippen LogP contribution is -2.54. The lowest BCUT2D eigenvalue weighted by molar-refractivity contribution is -0.124. The Morgan fingerprint density at radius 3 is 2.62 bits per heavy atom. The zero-order valence-corrected chi connectivity index (χ0v) is 12.9. The molecule has 0 atom stereocenters. The summed E-state index contributed by atoms with van der Waals surface area (Å²) in [4.78, 5) is 12.3. The Bertz CT molecular complexity index is 508. The van der Waals surface area contributed by atoms with E-state index < -0.39 is 5.54 Å². The van der Waals surface area contributed by atoms with Crippen molar-refractivity contribution in [2.75, 3.05) is 18.5 Å². The first kappa shape index (κ1) is 15.8. The molecule has 1 aliphatic heterocycles. The Kier molecular flexibility index (Phi) is 4.85. The molecule has 1 saturated heterocycles. The van der Waals surface area contributed by atoms with Gasteiger partial charge in [-0.1, -0.05) is 0 Å². The fourth-order valence-electron chi connectivity index (χ4n) is 2.33. The number of carbonyl (C=O) groups excluding carboxylic acids is 1. The molecule has 0 unspecified atom stereocenters. The molecule has 0 aliphatic carbocycles. The van der Waals surface area contributed by atoms with Gasteiger partial charge in [-0.25, -0.2) is 0 Å². The van der Waals surface area contributed by atoms with Crippen LogP contribution in [0, 0.1) is 6.92 Å². The van der Waals surface area contributed by atoms with Gasteiger partial charge in [0.1, 0.15) is 11.3 Å². The second-order valence-corrected chi connectivity index (χ2v) is 5.87. The van der Waals surface area contributed by atoms with Crippen LogP contribution in [-0.2, 0) is 9.53 Å². The Morgan fingerprint density at radius 1 is 1.38 bits per heavy atom. The number of benzene rings is 1. The van der Waals surface area contributed by atoms with E-state index in [0.717, 1.165) is 17.0 Å². The Hall–Kier alpha value is -1.59. The van der Waals surface area contributed by atoms with Gasteiger partial charge in [0.15, 0.2) is 0 Å². The topological polar surface area (TPSA) is 73.6 Å². The van der Waals surface area contributed by atoms with Gasteiger partial charge in [-0.3, -0.25) is 4.79 Å². The SMILES string of the molecule is Cc1cc(NC(=O)C2(N)CCOCC2)ccc1OC(C)C. The molecule has 5 nitrogen and oxygen atoms in total. The number of aryl methyl sites for hydroxylation is 1. The maximum absolute atomic E-state index is 12.3. The van der Waals surface area contributed by atoms with Gasteiger partial charge in [-0.2, -0.15) is 0 Å². The Morgan fingerprint density at radius 2 is 2.05 bits per heavy atom. The molecule has 2 rings (SSSR count). The van der Waals surface area contributed by atoms with E-state index in [2.05, 4.69) is 5.32 Å². The quantitative estimate of drug-likeness (QED) is 0.892. The van der Waals surface area contributed by atoms with Crippen LogP contribution in [0.15, 0.2) is 18.2 Å². The van der Waals surface area contributed by atoms with Crippen LogP contribution < -0.4 is 15.8 Å². The van der Waals surface area contributed by atoms with Gasteiger partial charge in [0.2, 0.25) is 5.91 Å². The van der Waals surface area contributed by atoms with E-state index in [0.29, 0.717) is 26.1 Å². The monoisotopic (exact) mass is 292 g/mol. The first-order valence-corrected chi connectivity index (χ1v) is 7.36. The normalized spacial score (nSPS) is 17.6. The molecular formula is C16H24N2O3. The zero-order chi connectivity index (χ0) is 15.5. The van der Waals surface area contributed by atoms with E-state index in [4.69, 9.17) is 15.2 Å². The maximum atomic E-state index is 12.3. The first-order chi connectivity index (χ1) is 9.90. The van der Waals surface area contributed by atoms with Crippen LogP contribution in [0.4, 0.5) is 5.69 Å². The summed E-state index contributed by atoms with van der Waals surface area (Å²) >= 11 is 0. The second-order valence-electron chi connectivity index (χ2n) is 5.87. The maximum Gasteiger partial charge on any atom is 0.244 e. The summed E-state index contributed by atoms with van der Waals surface area (Å²) in [5.41, 5.74) is 7.06. The number of hydrogen-bond donors (Lipinski definition) is 2. The van der Waals surface area contributed by atoms with Crippen molar-refractivity contribution in [1.29, 1.82) is 0 Å². The van der Waals surface area contributed by atoms with Gasteiger partial charge in [-0.15, -0.1) is 0 Å². The summed E-state index contributed by atoms with van der Waals surface area (Å²) in [6.45, 7) is 6.99. The number of hydrogen-bond acceptors (Lipinski definition) is 4. The summed E-state index contributed by atoms with van der Waals surface area (Å²) < 4.78 is 10.9. The largest absolute Gasteiger partial charge is 0.491 e. The molecule has 21 heavy (non-hydrogen) atoms. The van der Waals surface area contributed by atoms with E-state index in [9.17, 15) is 4.79 Å². The standard InChI is InChI=1S/C16H24N2O3/c1-11(2)21-14-5-4-13(10-12(14)3)18-15(19)16(17)6-8-20-9-7-16/h4-5,10-11H,6-9,17H2,1-3H3,(H,18,19). The zero-order valence-electron chi connectivity index (χ0n) is 12.9. The molecule has 1 aliphatic rings. The van der Waals surface area contributed by atoms with E-state index in [1.54, 1.807) is 0 Å². The number of carbonyl (C=O) groups is 1. The van der Waals surface area contributed by atoms with Gasteiger partial charge < -0.3 is 20.5 Å². The van der Waals surface area contributed by atoms with Crippen molar-refractivity contribution in [3.8, 4) is 5.75 Å². The Balaban J connectivity index is 2.05. The number of rotatable bonds is 4. The van der Waals surface area contributed by atoms with Crippen LogP contribution >= 0.6 is 0 Å². The predicted octanol–water partition coefficient (Wildman–Crippen LogP) is 2.23. The van der Waals surface area contributed by atoms with Gasteiger partial charge in [0.25, 0.3) is 0 Å². The number of nitrogens with two attached hydrogens (primary N) is 1. The smallest absolute Gasteiger partial charge is 0.244 e. The minimum absolute atomic E-state index is 0.124. The van der Waals surface area contributed by atoms with Crippen LogP contribution in [-0.4, -0.2) is 30.8 Å². The van der Waals surface area contributed by atoms with Gasteiger partial charge >= 0.3 is 0 Å². The highest BCUT2D eigenvalue weighted by Crippen LogP contribution is 2.25. The lowest BCUT2D eigenvalue weighted by Gasteiger charge is -2.31. The fraction of sp³-hybridized carbons (Fsp3) is 0.562. The molecular weight excluding hydrogens is 268 g/mol. The Labute approximate surface area is 125 Å². The van der Waals surface area contributed by atoms with Crippen LogP contribution in [0.25, 0.3) is 0 Å². The lowest BCUT2D eigenvalue weighted by atomic mass is 9.90. The van der Waals surface area contributed by atoms with Crippen LogP contribution in [0.3, 0.4) is 0 Å². The minimum atomic E-state index is -0.834. The summed E-state index contributed by atoms with van der Waals surface area (Å²) in [6, 6.07) is 5.61. The third-order valence-electron chi connectivity index (χ3n) is 3.63. The van der Waals surface area contributed by atoms with Crippen molar-refractivity contribution >= 4 is 11.6 Å². The molecule has 1 aromatic carbocycles. The van der Waals surface area contributed by atoms with Crippen molar-refractivity contribution in [2.45, 2.75) is 45.3 Å². The van der Waals surface area contributed by atoms with E-state index in [1.807, 2.05) is 39.0 Å². The van der Waals surface area contributed by atoms with Crippen LogP contribution in [0.1, 0.15) is 32.3 Å². The van der Waals surface area contributed by atoms with Crippen molar-refractivity contribution in [1.82, 2.24) is 0 Å². The van der Waals surface area contributed by atoms with Crippen LogP contribution in [0.5, 0.6) is 5.75 Å². The van der Waals surface area contributed by atoms with E-state index in [1.165, 1.54) is 0 Å². The third kappa shape index (κ3) is 3.95. The van der Waals surface area contributed by atoms with Crippen molar-refractivity contribution in [2.24, 2.45) is 5.73 Å². The molecule has 0 radical (unpaired) electrons. The molecule has 0 saturated carbocycles. The highest BCUT2D eigenvalue weighted by atomic mass is 16.5.